The van der Waals surface area contributed by atoms with Gasteiger partial charge in [-0.15, -0.1) is 0 Å². The second kappa shape index (κ2) is 9.57. The number of hydrogen-bond acceptors (Lipinski definition) is 7. The molecule has 0 saturated carbocycles. The molecule has 33 heavy (non-hydrogen) atoms. The number of hydrogen-bond donors (Lipinski definition) is 2. The van der Waals surface area contributed by atoms with Crippen LogP contribution in [0.25, 0.3) is 0 Å². The van der Waals surface area contributed by atoms with Gasteiger partial charge in [0, 0.05) is 23.3 Å². The SMILES string of the molecule is COc1cc(P(C)(C)=O)ccc1Nc1cc(Nc2ccccc2S(=O)(=O)C(C)C)c(C)cn1. The van der Waals surface area contributed by atoms with Gasteiger partial charge in [-0.1, -0.05) is 12.1 Å². The van der Waals surface area contributed by atoms with E-state index in [2.05, 4.69) is 15.6 Å². The molecule has 0 radical (unpaired) electrons. The summed E-state index contributed by atoms with van der Waals surface area (Å²) in [4.78, 5) is 4.70. The zero-order valence-corrected chi connectivity index (χ0v) is 21.4. The van der Waals surface area contributed by atoms with Crippen LogP contribution in [-0.2, 0) is 14.4 Å². The van der Waals surface area contributed by atoms with E-state index in [0.717, 1.165) is 16.6 Å². The fraction of sp³-hybridized carbons (Fsp3) is 0.292. The number of para-hydroxylation sites is 1. The van der Waals surface area contributed by atoms with Crippen LogP contribution >= 0.6 is 7.14 Å². The third-order valence-corrected chi connectivity index (χ3v) is 8.99. The predicted molar refractivity (Wildman–Crippen MR) is 136 cm³/mol. The number of ether oxygens (including phenoxy) is 1. The van der Waals surface area contributed by atoms with Crippen LogP contribution in [0.5, 0.6) is 5.75 Å². The number of aromatic nitrogens is 1. The van der Waals surface area contributed by atoms with Crippen molar-refractivity contribution in [2.45, 2.75) is 30.9 Å². The molecule has 0 atom stereocenters. The lowest BCUT2D eigenvalue weighted by molar-refractivity contribution is 0.417. The Balaban J connectivity index is 1.95. The molecule has 176 valence electrons. The monoisotopic (exact) mass is 487 g/mol. The average molecular weight is 488 g/mol. The molecule has 1 aromatic heterocycles. The van der Waals surface area contributed by atoms with E-state index in [1.165, 1.54) is 0 Å². The number of anilines is 4. The van der Waals surface area contributed by atoms with E-state index in [0.29, 0.717) is 22.9 Å². The number of benzene rings is 2. The second-order valence-corrected chi connectivity index (χ2v) is 14.2. The first kappa shape index (κ1) is 24.8. The molecule has 1 heterocycles. The van der Waals surface area contributed by atoms with Gasteiger partial charge in [0.15, 0.2) is 9.84 Å². The minimum absolute atomic E-state index is 0.256. The Labute approximate surface area is 195 Å². The van der Waals surface area contributed by atoms with Gasteiger partial charge < -0.3 is 19.9 Å². The number of nitrogens with one attached hydrogen (secondary N) is 2. The summed E-state index contributed by atoms with van der Waals surface area (Å²) in [5, 5.41) is 6.69. The summed E-state index contributed by atoms with van der Waals surface area (Å²) in [7, 11) is -4.32. The van der Waals surface area contributed by atoms with Gasteiger partial charge in [-0.3, -0.25) is 0 Å². The quantitative estimate of drug-likeness (QED) is 0.415. The summed E-state index contributed by atoms with van der Waals surface area (Å²) in [6, 6.07) is 14.1. The van der Waals surface area contributed by atoms with E-state index >= 15 is 0 Å². The summed E-state index contributed by atoms with van der Waals surface area (Å²) in [5.74, 6) is 1.11. The molecular formula is C24H30N3O4PS. The van der Waals surface area contributed by atoms with Crippen molar-refractivity contribution in [1.82, 2.24) is 4.98 Å². The van der Waals surface area contributed by atoms with Crippen molar-refractivity contribution in [1.29, 1.82) is 0 Å². The van der Waals surface area contributed by atoms with Crippen LogP contribution in [0.4, 0.5) is 22.9 Å². The average Bonchev–Trinajstić information content (AvgIpc) is 2.75. The molecule has 0 unspecified atom stereocenters. The highest BCUT2D eigenvalue weighted by Crippen LogP contribution is 2.38. The summed E-state index contributed by atoms with van der Waals surface area (Å²) >= 11 is 0. The van der Waals surface area contributed by atoms with Crippen molar-refractivity contribution >= 4 is 45.2 Å². The summed E-state index contributed by atoms with van der Waals surface area (Å²) in [6.45, 7) is 8.66. The van der Waals surface area contributed by atoms with Crippen LogP contribution in [0, 0.1) is 6.92 Å². The molecule has 0 amide bonds. The van der Waals surface area contributed by atoms with E-state index in [1.807, 2.05) is 25.1 Å². The van der Waals surface area contributed by atoms with Gasteiger partial charge in [0.1, 0.15) is 18.7 Å². The first-order chi connectivity index (χ1) is 15.4. The van der Waals surface area contributed by atoms with E-state index in [4.69, 9.17) is 4.74 Å². The molecule has 0 saturated heterocycles. The lowest BCUT2D eigenvalue weighted by Crippen LogP contribution is -2.15. The standard InChI is InChI=1S/C24H30N3O4PS/c1-16(2)33(29,30)23-10-8-7-9-20(23)26-21-14-24(25-15-17(21)3)27-19-12-11-18(32(5,6)28)13-22(19)31-4/h7-16H,1-6H3,(H2,25,26,27). The lowest BCUT2D eigenvalue weighted by atomic mass is 10.2. The lowest BCUT2D eigenvalue weighted by Gasteiger charge is -2.17. The Morgan fingerprint density at radius 2 is 1.67 bits per heavy atom. The second-order valence-electron chi connectivity index (χ2n) is 8.46. The van der Waals surface area contributed by atoms with Crippen LogP contribution < -0.4 is 20.7 Å². The Kier molecular flexibility index (Phi) is 7.20. The highest BCUT2D eigenvalue weighted by atomic mass is 32.2. The van der Waals surface area contributed by atoms with Gasteiger partial charge in [0.05, 0.1) is 28.6 Å². The van der Waals surface area contributed by atoms with Crippen molar-refractivity contribution in [3.05, 3.63) is 60.3 Å². The largest absolute Gasteiger partial charge is 0.495 e. The molecule has 2 N–H and O–H groups in total. The molecule has 2 aromatic carbocycles. The van der Waals surface area contributed by atoms with Crippen LogP contribution in [0.1, 0.15) is 19.4 Å². The van der Waals surface area contributed by atoms with Gasteiger partial charge >= 0.3 is 0 Å². The number of rotatable bonds is 8. The highest BCUT2D eigenvalue weighted by Gasteiger charge is 2.23. The minimum atomic E-state index is -3.46. The van der Waals surface area contributed by atoms with Gasteiger partial charge in [0.2, 0.25) is 0 Å². The van der Waals surface area contributed by atoms with Crippen molar-refractivity contribution in [2.24, 2.45) is 0 Å². The molecule has 0 fully saturated rings. The van der Waals surface area contributed by atoms with E-state index in [9.17, 15) is 13.0 Å². The van der Waals surface area contributed by atoms with Crippen LogP contribution in [0.3, 0.4) is 0 Å². The van der Waals surface area contributed by atoms with Crippen molar-refractivity contribution in [3.8, 4) is 5.75 Å². The van der Waals surface area contributed by atoms with E-state index in [-0.39, 0.29) is 4.90 Å². The van der Waals surface area contributed by atoms with Gasteiger partial charge in [-0.25, -0.2) is 13.4 Å². The molecular weight excluding hydrogens is 457 g/mol. The Morgan fingerprint density at radius 1 is 0.970 bits per heavy atom. The predicted octanol–water partition coefficient (Wildman–Crippen LogP) is 5.32. The van der Waals surface area contributed by atoms with E-state index in [1.54, 1.807) is 70.8 Å². The van der Waals surface area contributed by atoms with Gasteiger partial charge in [-0.2, -0.15) is 0 Å². The van der Waals surface area contributed by atoms with Gasteiger partial charge in [-0.05, 0) is 70.0 Å². The Hall–Kier alpha value is -2.83. The third-order valence-electron chi connectivity index (χ3n) is 5.26. The topological polar surface area (TPSA) is 97.4 Å². The molecule has 3 rings (SSSR count). The Morgan fingerprint density at radius 3 is 2.30 bits per heavy atom. The fourth-order valence-electron chi connectivity index (χ4n) is 3.20. The minimum Gasteiger partial charge on any atom is -0.495 e. The normalized spacial score (nSPS) is 12.0. The molecule has 9 heteroatoms. The molecule has 0 bridgehead atoms. The maximum absolute atomic E-state index is 12.8. The zero-order chi connectivity index (χ0) is 24.4. The van der Waals surface area contributed by atoms with Crippen molar-refractivity contribution < 1.29 is 17.7 Å². The molecule has 3 aromatic rings. The number of aryl methyl sites for hydroxylation is 1. The van der Waals surface area contributed by atoms with Crippen LogP contribution in [0.2, 0.25) is 0 Å². The van der Waals surface area contributed by atoms with Crippen molar-refractivity contribution in [2.75, 3.05) is 31.1 Å². The first-order valence-corrected chi connectivity index (χ1v) is 14.7. The van der Waals surface area contributed by atoms with Crippen LogP contribution in [-0.4, -0.2) is 39.1 Å². The third kappa shape index (κ3) is 5.57. The number of pyridine rings is 1. The fourth-order valence-corrected chi connectivity index (χ4v) is 5.26. The van der Waals surface area contributed by atoms with Crippen LogP contribution in [0.15, 0.2) is 59.6 Å². The zero-order valence-electron chi connectivity index (χ0n) is 19.7. The molecule has 0 aliphatic rings. The first-order valence-electron chi connectivity index (χ1n) is 10.5. The smallest absolute Gasteiger partial charge is 0.182 e. The van der Waals surface area contributed by atoms with Gasteiger partial charge in [0.25, 0.3) is 0 Å². The summed E-state index contributed by atoms with van der Waals surface area (Å²) in [6.07, 6.45) is 1.71. The number of methoxy groups -OCH3 is 1. The summed E-state index contributed by atoms with van der Waals surface area (Å²) in [5.41, 5.74) is 2.77. The molecule has 0 aliphatic carbocycles. The highest BCUT2D eigenvalue weighted by molar-refractivity contribution is 7.92. The summed E-state index contributed by atoms with van der Waals surface area (Å²) < 4.78 is 43.5. The van der Waals surface area contributed by atoms with Crippen molar-refractivity contribution in [3.63, 3.8) is 0 Å². The Bertz CT molecular complexity index is 1320. The maximum Gasteiger partial charge on any atom is 0.182 e. The molecule has 0 spiro atoms. The maximum atomic E-state index is 12.8. The molecule has 7 nitrogen and oxygen atoms in total. The van der Waals surface area contributed by atoms with E-state index < -0.39 is 22.2 Å². The molecule has 0 aliphatic heterocycles. The number of sulfone groups is 1. The number of nitrogens with zero attached hydrogens (tertiary/aromatic N) is 1.